The Morgan fingerprint density at radius 2 is 1.39 bits per heavy atom. The van der Waals surface area contributed by atoms with Gasteiger partial charge in [0.2, 0.25) is 5.91 Å². The Labute approximate surface area is 183 Å². The molecule has 5 heteroatoms. The number of anilines is 1. The minimum Gasteiger partial charge on any atom is -0.487 e. The molecule has 0 aliphatic rings. The van der Waals surface area contributed by atoms with Crippen LogP contribution in [0, 0.1) is 0 Å². The molecule has 0 heterocycles. The molecule has 1 N–H and O–H groups in total. The molecule has 0 saturated carbocycles. The highest BCUT2D eigenvalue weighted by Gasteiger charge is 2.11. The standard InChI is InChI=1S/C26H27NO4/c28-25(17-18-26(29)30-19-9-14-21-10-3-1-4-11-21)27-23-15-7-8-16-24(23)31-20-22-12-5-2-6-13-22/h1-8,10-13,15-16H,9,14,17-20H2,(H,27,28). The summed E-state index contributed by atoms with van der Waals surface area (Å²) in [6.07, 6.45) is 1.72. The van der Waals surface area contributed by atoms with E-state index in [9.17, 15) is 9.59 Å². The molecule has 3 aromatic carbocycles. The molecule has 0 fully saturated rings. The summed E-state index contributed by atoms with van der Waals surface area (Å²) in [5, 5.41) is 2.82. The molecule has 0 radical (unpaired) electrons. The number of hydrogen-bond donors (Lipinski definition) is 1. The second kappa shape index (κ2) is 12.2. The number of para-hydroxylation sites is 2. The van der Waals surface area contributed by atoms with Crippen LogP contribution in [0.25, 0.3) is 0 Å². The first-order valence-electron chi connectivity index (χ1n) is 10.5. The van der Waals surface area contributed by atoms with E-state index in [0.717, 1.165) is 18.4 Å². The zero-order valence-corrected chi connectivity index (χ0v) is 17.5. The van der Waals surface area contributed by atoms with E-state index in [1.807, 2.05) is 72.8 Å². The van der Waals surface area contributed by atoms with Crippen molar-refractivity contribution in [3.05, 3.63) is 96.1 Å². The summed E-state index contributed by atoms with van der Waals surface area (Å²) in [4.78, 5) is 24.2. The van der Waals surface area contributed by atoms with E-state index in [2.05, 4.69) is 5.32 Å². The predicted molar refractivity (Wildman–Crippen MR) is 121 cm³/mol. The van der Waals surface area contributed by atoms with Crippen LogP contribution in [0.15, 0.2) is 84.9 Å². The van der Waals surface area contributed by atoms with Crippen LogP contribution in [-0.2, 0) is 27.4 Å². The summed E-state index contributed by atoms with van der Waals surface area (Å²) in [7, 11) is 0. The molecule has 0 spiro atoms. The van der Waals surface area contributed by atoms with Crippen molar-refractivity contribution >= 4 is 17.6 Å². The minimum absolute atomic E-state index is 0.0458. The largest absolute Gasteiger partial charge is 0.487 e. The molecule has 0 bridgehead atoms. The van der Waals surface area contributed by atoms with Gasteiger partial charge in [0, 0.05) is 6.42 Å². The van der Waals surface area contributed by atoms with E-state index in [0.29, 0.717) is 24.7 Å². The van der Waals surface area contributed by atoms with E-state index in [-0.39, 0.29) is 24.7 Å². The summed E-state index contributed by atoms with van der Waals surface area (Å²) in [5.74, 6) is -0.0305. The number of rotatable bonds is 11. The highest BCUT2D eigenvalue weighted by molar-refractivity contribution is 5.93. The molecule has 3 rings (SSSR count). The van der Waals surface area contributed by atoms with Gasteiger partial charge in [-0.05, 0) is 36.1 Å². The molecular formula is C26H27NO4. The van der Waals surface area contributed by atoms with Crippen molar-refractivity contribution in [1.82, 2.24) is 0 Å². The van der Waals surface area contributed by atoms with E-state index in [1.165, 1.54) is 5.56 Å². The fraction of sp³-hybridized carbons (Fsp3) is 0.231. The SMILES string of the molecule is O=C(CCC(=O)OCCCc1ccccc1)Nc1ccccc1OCc1ccccc1. The number of ether oxygens (including phenoxy) is 2. The van der Waals surface area contributed by atoms with Gasteiger partial charge in [-0.2, -0.15) is 0 Å². The highest BCUT2D eigenvalue weighted by Crippen LogP contribution is 2.25. The first-order chi connectivity index (χ1) is 15.2. The lowest BCUT2D eigenvalue weighted by atomic mass is 10.1. The Bertz CT molecular complexity index is 957. The molecule has 0 unspecified atom stereocenters. The molecule has 5 nitrogen and oxygen atoms in total. The summed E-state index contributed by atoms with van der Waals surface area (Å²) in [6, 6.07) is 27.1. The normalized spacial score (nSPS) is 10.3. The molecule has 0 atom stereocenters. The molecular weight excluding hydrogens is 390 g/mol. The lowest BCUT2D eigenvalue weighted by molar-refractivity contribution is -0.144. The van der Waals surface area contributed by atoms with Gasteiger partial charge in [-0.3, -0.25) is 9.59 Å². The maximum Gasteiger partial charge on any atom is 0.306 e. The second-order valence-electron chi connectivity index (χ2n) is 7.13. The number of aryl methyl sites for hydroxylation is 1. The van der Waals surface area contributed by atoms with Crippen molar-refractivity contribution < 1.29 is 19.1 Å². The average molecular weight is 418 g/mol. The lowest BCUT2D eigenvalue weighted by Gasteiger charge is -2.12. The van der Waals surface area contributed by atoms with Crippen LogP contribution in [0.4, 0.5) is 5.69 Å². The van der Waals surface area contributed by atoms with Gasteiger partial charge in [0.15, 0.2) is 0 Å². The molecule has 160 valence electrons. The number of nitrogens with one attached hydrogen (secondary N) is 1. The van der Waals surface area contributed by atoms with Crippen LogP contribution >= 0.6 is 0 Å². The van der Waals surface area contributed by atoms with Crippen LogP contribution in [0.5, 0.6) is 5.75 Å². The van der Waals surface area contributed by atoms with Crippen molar-refractivity contribution in [2.75, 3.05) is 11.9 Å². The molecule has 0 saturated heterocycles. The summed E-state index contributed by atoms with van der Waals surface area (Å²) >= 11 is 0. The number of carbonyl (C=O) groups is 2. The topological polar surface area (TPSA) is 64.6 Å². The Morgan fingerprint density at radius 1 is 0.742 bits per heavy atom. The van der Waals surface area contributed by atoms with Gasteiger partial charge in [0.1, 0.15) is 12.4 Å². The zero-order chi connectivity index (χ0) is 21.7. The fourth-order valence-corrected chi connectivity index (χ4v) is 3.04. The Kier molecular flexibility index (Phi) is 8.68. The van der Waals surface area contributed by atoms with Gasteiger partial charge in [-0.1, -0.05) is 72.8 Å². The predicted octanol–water partition coefficient (Wildman–Crippen LogP) is 5.16. The first kappa shape index (κ1) is 22.1. The summed E-state index contributed by atoms with van der Waals surface area (Å²) in [6.45, 7) is 0.758. The first-order valence-corrected chi connectivity index (χ1v) is 10.5. The average Bonchev–Trinajstić information content (AvgIpc) is 2.81. The van der Waals surface area contributed by atoms with Crippen molar-refractivity contribution in [1.29, 1.82) is 0 Å². The van der Waals surface area contributed by atoms with Gasteiger partial charge >= 0.3 is 5.97 Å². The second-order valence-corrected chi connectivity index (χ2v) is 7.13. The molecule has 0 aliphatic carbocycles. The van der Waals surface area contributed by atoms with E-state index >= 15 is 0 Å². The fourth-order valence-electron chi connectivity index (χ4n) is 3.04. The summed E-state index contributed by atoms with van der Waals surface area (Å²) < 4.78 is 11.1. The third-order valence-electron chi connectivity index (χ3n) is 4.67. The quantitative estimate of drug-likeness (QED) is 0.346. The molecule has 1 amide bonds. The Hall–Kier alpha value is -3.60. The number of amides is 1. The van der Waals surface area contributed by atoms with Gasteiger partial charge < -0.3 is 14.8 Å². The van der Waals surface area contributed by atoms with Crippen LogP contribution in [0.1, 0.15) is 30.4 Å². The smallest absolute Gasteiger partial charge is 0.306 e. The van der Waals surface area contributed by atoms with E-state index in [4.69, 9.17) is 9.47 Å². The van der Waals surface area contributed by atoms with E-state index < -0.39 is 0 Å². The van der Waals surface area contributed by atoms with Crippen molar-refractivity contribution in [2.45, 2.75) is 32.3 Å². The molecule has 31 heavy (non-hydrogen) atoms. The maximum absolute atomic E-state index is 12.3. The van der Waals surface area contributed by atoms with Crippen LogP contribution in [0.3, 0.4) is 0 Å². The van der Waals surface area contributed by atoms with Crippen LogP contribution < -0.4 is 10.1 Å². The molecule has 0 aliphatic heterocycles. The van der Waals surface area contributed by atoms with Crippen LogP contribution in [0.2, 0.25) is 0 Å². The van der Waals surface area contributed by atoms with Gasteiger partial charge in [-0.15, -0.1) is 0 Å². The van der Waals surface area contributed by atoms with Gasteiger partial charge in [0.05, 0.1) is 18.7 Å². The Morgan fingerprint density at radius 3 is 2.13 bits per heavy atom. The molecule has 3 aromatic rings. The number of hydrogen-bond acceptors (Lipinski definition) is 4. The molecule has 0 aromatic heterocycles. The lowest BCUT2D eigenvalue weighted by Crippen LogP contribution is -2.15. The number of carbonyl (C=O) groups excluding carboxylic acids is 2. The van der Waals surface area contributed by atoms with Crippen LogP contribution in [-0.4, -0.2) is 18.5 Å². The van der Waals surface area contributed by atoms with Crippen molar-refractivity contribution in [2.24, 2.45) is 0 Å². The monoisotopic (exact) mass is 417 g/mol. The van der Waals surface area contributed by atoms with Crippen molar-refractivity contribution in [3.8, 4) is 5.75 Å². The third kappa shape index (κ3) is 7.97. The maximum atomic E-state index is 12.3. The Balaban J connectivity index is 1.37. The van der Waals surface area contributed by atoms with Crippen molar-refractivity contribution in [3.63, 3.8) is 0 Å². The number of esters is 1. The summed E-state index contributed by atoms with van der Waals surface area (Å²) in [5.41, 5.74) is 2.84. The zero-order valence-electron chi connectivity index (χ0n) is 17.5. The van der Waals surface area contributed by atoms with Gasteiger partial charge in [0.25, 0.3) is 0 Å². The minimum atomic E-state index is -0.364. The van der Waals surface area contributed by atoms with Gasteiger partial charge in [-0.25, -0.2) is 0 Å². The van der Waals surface area contributed by atoms with E-state index in [1.54, 1.807) is 12.1 Å². The highest BCUT2D eigenvalue weighted by atomic mass is 16.5. The third-order valence-corrected chi connectivity index (χ3v) is 4.67. The number of benzene rings is 3.